The van der Waals surface area contributed by atoms with Crippen LogP contribution in [0.15, 0.2) is 65.8 Å². The van der Waals surface area contributed by atoms with E-state index >= 15 is 0 Å². The van der Waals surface area contributed by atoms with E-state index in [1.165, 1.54) is 6.39 Å². The molecule has 3 aromatic heterocycles. The molecule has 0 amide bonds. The monoisotopic (exact) mass is 332 g/mol. The molecule has 124 valence electrons. The number of aromatic nitrogens is 5. The van der Waals surface area contributed by atoms with E-state index in [1.54, 1.807) is 6.20 Å². The molecule has 4 aromatic rings. The number of hydrogen-bond donors (Lipinski definition) is 1. The molecule has 0 aliphatic carbocycles. The van der Waals surface area contributed by atoms with Crippen LogP contribution in [0.4, 0.5) is 5.69 Å². The quantitative estimate of drug-likeness (QED) is 0.604. The van der Waals surface area contributed by atoms with Crippen molar-refractivity contribution in [2.24, 2.45) is 7.05 Å². The number of rotatable bonds is 5. The maximum atomic E-state index is 5.20. The van der Waals surface area contributed by atoms with Gasteiger partial charge in [0.15, 0.2) is 0 Å². The van der Waals surface area contributed by atoms with E-state index in [-0.39, 0.29) is 0 Å². The molecule has 0 saturated carbocycles. The predicted octanol–water partition coefficient (Wildman–Crippen LogP) is 3.14. The molecule has 0 saturated heterocycles. The van der Waals surface area contributed by atoms with Crippen LogP contribution in [-0.4, -0.2) is 25.0 Å². The van der Waals surface area contributed by atoms with Crippen molar-refractivity contribution in [3.05, 3.63) is 66.9 Å². The van der Waals surface area contributed by atoms with Crippen molar-refractivity contribution in [1.29, 1.82) is 0 Å². The van der Waals surface area contributed by atoms with Gasteiger partial charge in [-0.1, -0.05) is 0 Å². The number of pyridine rings is 1. The van der Waals surface area contributed by atoms with Crippen LogP contribution in [0.5, 0.6) is 0 Å². The Bertz CT molecular complexity index is 945. The first-order chi connectivity index (χ1) is 12.3. The SMILES string of the molecule is Cn1cc(CNc2ccc(-c3nnco3)cc2)c(-c2cccnc2)n1. The Labute approximate surface area is 144 Å². The van der Waals surface area contributed by atoms with Crippen LogP contribution in [0, 0.1) is 0 Å². The first kappa shape index (κ1) is 15.1. The fourth-order valence-corrected chi connectivity index (χ4v) is 2.64. The zero-order valence-electron chi connectivity index (χ0n) is 13.6. The normalized spacial score (nSPS) is 10.8. The first-order valence-electron chi connectivity index (χ1n) is 7.83. The van der Waals surface area contributed by atoms with Crippen LogP contribution in [-0.2, 0) is 13.6 Å². The van der Waals surface area contributed by atoms with Crippen LogP contribution in [0.3, 0.4) is 0 Å². The maximum absolute atomic E-state index is 5.20. The molecule has 0 atom stereocenters. The predicted molar refractivity (Wildman–Crippen MR) is 93.5 cm³/mol. The van der Waals surface area contributed by atoms with Crippen LogP contribution in [0.1, 0.15) is 5.56 Å². The van der Waals surface area contributed by atoms with Gasteiger partial charge in [-0.05, 0) is 36.4 Å². The second-order valence-corrected chi connectivity index (χ2v) is 5.59. The van der Waals surface area contributed by atoms with Gasteiger partial charge in [0.05, 0.1) is 5.69 Å². The molecule has 3 heterocycles. The lowest BCUT2D eigenvalue weighted by Gasteiger charge is -2.07. The Kier molecular flexibility index (Phi) is 3.96. The Morgan fingerprint density at radius 2 is 2.00 bits per heavy atom. The van der Waals surface area contributed by atoms with Gasteiger partial charge in [-0.2, -0.15) is 5.10 Å². The van der Waals surface area contributed by atoms with Gasteiger partial charge < -0.3 is 9.73 Å². The maximum Gasteiger partial charge on any atom is 0.247 e. The van der Waals surface area contributed by atoms with Crippen molar-refractivity contribution in [2.45, 2.75) is 6.54 Å². The molecule has 0 unspecified atom stereocenters. The molecule has 1 aromatic carbocycles. The van der Waals surface area contributed by atoms with Gasteiger partial charge in [-0.15, -0.1) is 10.2 Å². The molecule has 0 bridgehead atoms. The van der Waals surface area contributed by atoms with E-state index in [9.17, 15) is 0 Å². The lowest BCUT2D eigenvalue weighted by molar-refractivity contribution is 0.568. The Morgan fingerprint density at radius 3 is 2.72 bits per heavy atom. The van der Waals surface area contributed by atoms with Crippen molar-refractivity contribution in [1.82, 2.24) is 25.0 Å². The van der Waals surface area contributed by atoms with Gasteiger partial charge in [0.1, 0.15) is 0 Å². The lowest BCUT2D eigenvalue weighted by atomic mass is 10.1. The molecular weight excluding hydrogens is 316 g/mol. The van der Waals surface area contributed by atoms with Crippen LogP contribution in [0.25, 0.3) is 22.7 Å². The molecule has 0 aliphatic heterocycles. The van der Waals surface area contributed by atoms with E-state index in [4.69, 9.17) is 4.42 Å². The third-order valence-corrected chi connectivity index (χ3v) is 3.81. The molecule has 1 N–H and O–H groups in total. The van der Waals surface area contributed by atoms with E-state index < -0.39 is 0 Å². The molecule has 0 fully saturated rings. The third-order valence-electron chi connectivity index (χ3n) is 3.81. The van der Waals surface area contributed by atoms with Gasteiger partial charge in [-0.25, -0.2) is 0 Å². The summed E-state index contributed by atoms with van der Waals surface area (Å²) in [5.74, 6) is 0.512. The van der Waals surface area contributed by atoms with Crippen molar-refractivity contribution in [2.75, 3.05) is 5.32 Å². The van der Waals surface area contributed by atoms with Crippen molar-refractivity contribution < 1.29 is 4.42 Å². The average Bonchev–Trinajstić information content (AvgIpc) is 3.31. The Morgan fingerprint density at radius 1 is 1.12 bits per heavy atom. The van der Waals surface area contributed by atoms with Gasteiger partial charge in [0.25, 0.3) is 0 Å². The Hall–Kier alpha value is -3.48. The summed E-state index contributed by atoms with van der Waals surface area (Å²) >= 11 is 0. The Balaban J connectivity index is 1.50. The highest BCUT2D eigenvalue weighted by Crippen LogP contribution is 2.23. The largest absolute Gasteiger partial charge is 0.423 e. The molecule has 4 rings (SSSR count). The lowest BCUT2D eigenvalue weighted by Crippen LogP contribution is -2.00. The smallest absolute Gasteiger partial charge is 0.247 e. The fourth-order valence-electron chi connectivity index (χ4n) is 2.64. The highest BCUT2D eigenvalue weighted by molar-refractivity contribution is 5.63. The van der Waals surface area contributed by atoms with Crippen molar-refractivity contribution in [3.63, 3.8) is 0 Å². The van der Waals surface area contributed by atoms with Crippen LogP contribution < -0.4 is 5.32 Å². The summed E-state index contributed by atoms with van der Waals surface area (Å²) in [6.45, 7) is 0.665. The summed E-state index contributed by atoms with van der Waals surface area (Å²) < 4.78 is 7.01. The molecule has 7 nitrogen and oxygen atoms in total. The fraction of sp³-hybridized carbons (Fsp3) is 0.111. The third kappa shape index (κ3) is 3.25. The molecule has 25 heavy (non-hydrogen) atoms. The highest BCUT2D eigenvalue weighted by Gasteiger charge is 2.10. The summed E-state index contributed by atoms with van der Waals surface area (Å²) in [7, 11) is 1.92. The van der Waals surface area contributed by atoms with Crippen LogP contribution in [0.2, 0.25) is 0 Å². The number of nitrogens with zero attached hydrogens (tertiary/aromatic N) is 5. The van der Waals surface area contributed by atoms with E-state index in [0.717, 1.165) is 28.1 Å². The molecule has 0 radical (unpaired) electrons. The number of benzene rings is 1. The molecular formula is C18H16N6O. The molecule has 0 aliphatic rings. The topological polar surface area (TPSA) is 81.7 Å². The van der Waals surface area contributed by atoms with Gasteiger partial charge in [-0.3, -0.25) is 9.67 Å². The van der Waals surface area contributed by atoms with E-state index in [0.29, 0.717) is 12.4 Å². The zero-order valence-corrected chi connectivity index (χ0v) is 13.6. The summed E-state index contributed by atoms with van der Waals surface area (Å²) in [5, 5.41) is 15.6. The highest BCUT2D eigenvalue weighted by atomic mass is 16.4. The average molecular weight is 332 g/mol. The second-order valence-electron chi connectivity index (χ2n) is 5.59. The number of anilines is 1. The summed E-state index contributed by atoms with van der Waals surface area (Å²) in [5.41, 5.74) is 4.94. The van der Waals surface area contributed by atoms with E-state index in [2.05, 4.69) is 25.6 Å². The van der Waals surface area contributed by atoms with E-state index in [1.807, 2.05) is 60.5 Å². The van der Waals surface area contributed by atoms with Crippen molar-refractivity contribution in [3.8, 4) is 22.7 Å². The number of nitrogens with one attached hydrogen (secondary N) is 1. The number of hydrogen-bond acceptors (Lipinski definition) is 6. The molecule has 0 spiro atoms. The van der Waals surface area contributed by atoms with Crippen molar-refractivity contribution >= 4 is 5.69 Å². The summed E-state index contributed by atoms with van der Waals surface area (Å²) in [4.78, 5) is 4.17. The minimum absolute atomic E-state index is 0.512. The minimum atomic E-state index is 0.512. The van der Waals surface area contributed by atoms with Gasteiger partial charge in [0.2, 0.25) is 12.3 Å². The second kappa shape index (κ2) is 6.56. The van der Waals surface area contributed by atoms with Gasteiger partial charge >= 0.3 is 0 Å². The minimum Gasteiger partial charge on any atom is -0.423 e. The van der Waals surface area contributed by atoms with Crippen LogP contribution >= 0.6 is 0 Å². The zero-order chi connectivity index (χ0) is 17.1. The summed E-state index contributed by atoms with van der Waals surface area (Å²) in [6, 6.07) is 11.8. The standard InChI is InChI=1S/C18H16N6O/c1-24-11-15(17(23-24)14-3-2-8-19-9-14)10-20-16-6-4-13(5-7-16)18-22-21-12-25-18/h2-9,11-12,20H,10H2,1H3. The first-order valence-corrected chi connectivity index (χ1v) is 7.83. The summed E-state index contributed by atoms with van der Waals surface area (Å²) in [6.07, 6.45) is 6.92. The van der Waals surface area contributed by atoms with Gasteiger partial charge in [0, 0.05) is 54.6 Å². The molecule has 7 heteroatoms. The number of aryl methyl sites for hydroxylation is 1.